The van der Waals surface area contributed by atoms with Gasteiger partial charge in [0.15, 0.2) is 0 Å². The van der Waals surface area contributed by atoms with Crippen molar-refractivity contribution in [2.75, 3.05) is 12.0 Å². The van der Waals surface area contributed by atoms with Gasteiger partial charge < -0.3 is 10.2 Å². The Kier molecular flexibility index (Phi) is 4.10. The van der Waals surface area contributed by atoms with Gasteiger partial charge in [0.25, 0.3) is 0 Å². The lowest BCUT2D eigenvalue weighted by atomic mass is 10.1. The van der Waals surface area contributed by atoms with Crippen LogP contribution in [0.25, 0.3) is 0 Å². The Bertz CT molecular complexity index is 454. The fourth-order valence-corrected chi connectivity index (χ4v) is 1.36. The van der Waals surface area contributed by atoms with E-state index in [2.05, 4.69) is 5.92 Å². The summed E-state index contributed by atoms with van der Waals surface area (Å²) in [7, 11) is 0. The van der Waals surface area contributed by atoms with Gasteiger partial charge in [-0.05, 0) is 6.07 Å². The first-order chi connectivity index (χ1) is 7.90. The summed E-state index contributed by atoms with van der Waals surface area (Å²) >= 11 is 5.64. The number of hydrazine groups is 1. The van der Waals surface area contributed by atoms with Crippen LogP contribution in [0.1, 0.15) is 5.56 Å². The molecule has 7 heteroatoms. The molecule has 0 spiro atoms. The summed E-state index contributed by atoms with van der Waals surface area (Å²) in [6.45, 7) is -0.102. The first kappa shape index (κ1) is 13.5. The first-order valence-corrected chi connectivity index (χ1v) is 4.71. The van der Waals surface area contributed by atoms with Crippen molar-refractivity contribution < 1.29 is 17.9 Å². The van der Waals surface area contributed by atoms with Crippen LogP contribution in [0.15, 0.2) is 12.1 Å². The molecule has 0 heterocycles. The third kappa shape index (κ3) is 3.19. The second-order valence-electron chi connectivity index (χ2n) is 2.96. The number of terminal acetylenes is 1. The third-order valence-electron chi connectivity index (χ3n) is 1.84. The average Bonchev–Trinajstić information content (AvgIpc) is 2.25. The predicted molar refractivity (Wildman–Crippen MR) is 58.6 cm³/mol. The van der Waals surface area contributed by atoms with Gasteiger partial charge in [0.05, 0.1) is 16.3 Å². The molecule has 0 radical (unpaired) electrons. The molecule has 17 heavy (non-hydrogen) atoms. The minimum Gasteiger partial charge on any atom is -0.479 e. The van der Waals surface area contributed by atoms with Gasteiger partial charge >= 0.3 is 6.18 Å². The summed E-state index contributed by atoms with van der Waals surface area (Å²) in [5.74, 6) is 7.21. The molecule has 0 aliphatic carbocycles. The van der Waals surface area contributed by atoms with Crippen LogP contribution in [0.4, 0.5) is 18.9 Å². The van der Waals surface area contributed by atoms with E-state index in [1.54, 1.807) is 0 Å². The molecule has 0 aromatic heterocycles. The number of rotatable bonds is 3. The van der Waals surface area contributed by atoms with E-state index in [1.165, 1.54) is 0 Å². The lowest BCUT2D eigenvalue weighted by Gasteiger charge is -2.15. The molecule has 0 saturated carbocycles. The number of benzene rings is 1. The van der Waals surface area contributed by atoms with Crippen LogP contribution >= 0.6 is 11.6 Å². The minimum absolute atomic E-state index is 0.0329. The van der Waals surface area contributed by atoms with E-state index >= 15 is 0 Å². The molecule has 0 aliphatic heterocycles. The second kappa shape index (κ2) is 5.17. The average molecular weight is 265 g/mol. The highest BCUT2D eigenvalue weighted by atomic mass is 35.5. The maximum atomic E-state index is 12.6. The summed E-state index contributed by atoms with van der Waals surface area (Å²) in [5, 5.41) is -0.188. The van der Waals surface area contributed by atoms with Crippen LogP contribution in [0, 0.1) is 12.3 Å². The topological polar surface area (TPSA) is 47.3 Å². The SMILES string of the molecule is C#CCOc1cc(NN)c(C(F)(F)F)cc1Cl. The molecule has 0 fully saturated rings. The van der Waals surface area contributed by atoms with E-state index in [9.17, 15) is 13.2 Å². The Labute approximate surface area is 101 Å². The second-order valence-corrected chi connectivity index (χ2v) is 3.37. The van der Waals surface area contributed by atoms with Gasteiger partial charge in [0, 0.05) is 6.07 Å². The van der Waals surface area contributed by atoms with Crippen LogP contribution in [0.3, 0.4) is 0 Å². The molecule has 3 N–H and O–H groups in total. The van der Waals surface area contributed by atoms with Gasteiger partial charge in [-0.1, -0.05) is 17.5 Å². The molecular weight excluding hydrogens is 257 g/mol. The summed E-state index contributed by atoms with van der Waals surface area (Å²) < 4.78 is 42.7. The van der Waals surface area contributed by atoms with Gasteiger partial charge in [-0.2, -0.15) is 13.2 Å². The van der Waals surface area contributed by atoms with Gasteiger partial charge in [-0.3, -0.25) is 5.84 Å². The minimum atomic E-state index is -4.56. The fourth-order valence-electron chi connectivity index (χ4n) is 1.14. The molecule has 0 aliphatic rings. The number of hydrogen-bond donors (Lipinski definition) is 2. The van der Waals surface area contributed by atoms with Crippen molar-refractivity contribution in [3.8, 4) is 18.1 Å². The van der Waals surface area contributed by atoms with E-state index in [0.29, 0.717) is 0 Å². The molecule has 0 amide bonds. The Hall–Kier alpha value is -1.58. The quantitative estimate of drug-likeness (QED) is 0.501. The third-order valence-corrected chi connectivity index (χ3v) is 2.14. The van der Waals surface area contributed by atoms with Crippen molar-refractivity contribution >= 4 is 17.3 Å². The van der Waals surface area contributed by atoms with E-state index in [1.807, 2.05) is 5.43 Å². The van der Waals surface area contributed by atoms with Crippen molar-refractivity contribution in [3.63, 3.8) is 0 Å². The monoisotopic (exact) mass is 264 g/mol. The maximum absolute atomic E-state index is 12.6. The highest BCUT2D eigenvalue weighted by Crippen LogP contribution is 2.40. The number of nitrogens with one attached hydrogen (secondary N) is 1. The molecule has 92 valence electrons. The van der Waals surface area contributed by atoms with Gasteiger partial charge in [-0.25, -0.2) is 0 Å². The standard InChI is InChI=1S/C10H8ClF3N2O/c1-2-3-17-9-5-8(16-15)6(4-7(9)11)10(12,13)14/h1,4-5,16H,3,15H2. The number of halogens is 4. The summed E-state index contributed by atoms with van der Waals surface area (Å²) in [6.07, 6.45) is 0.398. The van der Waals surface area contributed by atoms with E-state index in [4.69, 9.17) is 28.6 Å². The zero-order valence-corrected chi connectivity index (χ0v) is 9.19. The molecule has 0 bridgehead atoms. The number of nitrogen functional groups attached to an aromatic ring is 1. The number of ether oxygens (including phenoxy) is 1. The molecule has 0 saturated heterocycles. The molecule has 0 unspecified atom stereocenters. The lowest BCUT2D eigenvalue weighted by Crippen LogP contribution is -2.15. The number of anilines is 1. The zero-order valence-electron chi connectivity index (χ0n) is 8.44. The van der Waals surface area contributed by atoms with Crippen LogP contribution in [-0.2, 0) is 6.18 Å². The van der Waals surface area contributed by atoms with Gasteiger partial charge in [0.2, 0.25) is 0 Å². The Morgan fingerprint density at radius 1 is 1.47 bits per heavy atom. The smallest absolute Gasteiger partial charge is 0.418 e. The van der Waals surface area contributed by atoms with Crippen molar-refractivity contribution in [2.45, 2.75) is 6.18 Å². The van der Waals surface area contributed by atoms with Crippen LogP contribution in [0.5, 0.6) is 5.75 Å². The Morgan fingerprint density at radius 2 is 2.12 bits per heavy atom. The molecule has 3 nitrogen and oxygen atoms in total. The largest absolute Gasteiger partial charge is 0.479 e. The van der Waals surface area contributed by atoms with Crippen molar-refractivity contribution in [2.24, 2.45) is 5.84 Å². The highest BCUT2D eigenvalue weighted by Gasteiger charge is 2.34. The van der Waals surface area contributed by atoms with Crippen LogP contribution < -0.4 is 16.0 Å². The lowest BCUT2D eigenvalue weighted by molar-refractivity contribution is -0.137. The van der Waals surface area contributed by atoms with E-state index < -0.39 is 11.7 Å². The first-order valence-electron chi connectivity index (χ1n) is 4.33. The fraction of sp³-hybridized carbons (Fsp3) is 0.200. The molecular formula is C10H8ClF3N2O. The maximum Gasteiger partial charge on any atom is 0.418 e. The Balaban J connectivity index is 3.21. The normalized spacial score (nSPS) is 10.8. The van der Waals surface area contributed by atoms with Crippen molar-refractivity contribution in [1.29, 1.82) is 0 Å². The van der Waals surface area contributed by atoms with Crippen LogP contribution in [0.2, 0.25) is 5.02 Å². The highest BCUT2D eigenvalue weighted by molar-refractivity contribution is 6.32. The van der Waals surface area contributed by atoms with Gasteiger partial charge in [-0.15, -0.1) is 6.42 Å². The predicted octanol–water partition coefficient (Wildman–Crippen LogP) is 2.66. The number of nitrogens with two attached hydrogens (primary N) is 1. The zero-order chi connectivity index (χ0) is 13.1. The summed E-state index contributed by atoms with van der Waals surface area (Å²) in [5.41, 5.74) is 0.623. The van der Waals surface area contributed by atoms with Crippen molar-refractivity contribution in [1.82, 2.24) is 0 Å². The van der Waals surface area contributed by atoms with Crippen LogP contribution in [-0.4, -0.2) is 6.61 Å². The molecule has 1 rings (SSSR count). The van der Waals surface area contributed by atoms with Crippen molar-refractivity contribution in [3.05, 3.63) is 22.7 Å². The van der Waals surface area contributed by atoms with E-state index in [0.717, 1.165) is 12.1 Å². The Morgan fingerprint density at radius 3 is 2.59 bits per heavy atom. The van der Waals surface area contributed by atoms with Gasteiger partial charge in [0.1, 0.15) is 12.4 Å². The molecule has 0 atom stereocenters. The summed E-state index contributed by atoms with van der Waals surface area (Å²) in [4.78, 5) is 0. The number of hydrogen-bond acceptors (Lipinski definition) is 3. The van der Waals surface area contributed by atoms with E-state index in [-0.39, 0.29) is 23.1 Å². The molecule has 1 aromatic carbocycles. The molecule has 1 aromatic rings. The summed E-state index contributed by atoms with van der Waals surface area (Å²) in [6, 6.07) is 1.77. The number of alkyl halides is 3.